The fraction of sp³-hybridized carbons (Fsp3) is 0.600. The van der Waals surface area contributed by atoms with Gasteiger partial charge in [-0.05, 0) is 31.0 Å². The maximum atomic E-state index is 12.9. The molecular formula is C20H27F3N4O2. The van der Waals surface area contributed by atoms with Gasteiger partial charge in [-0.25, -0.2) is 4.79 Å². The Balaban J connectivity index is 1.42. The molecule has 0 atom stereocenters. The molecule has 0 spiro atoms. The first kappa shape index (κ1) is 21.4. The standard InChI is InChI=1S/C20H27F3N4O2/c21-20(22,23)15-5-4-8-17(13-15)27-11-9-26(10-12-27)14-18(28)25-19(29)24-16-6-2-1-3-7-16/h4-5,8,13,16H,1-3,6-7,9-12,14H2,(H2,24,25,28,29). The van der Waals surface area contributed by atoms with Crippen molar-refractivity contribution in [1.29, 1.82) is 0 Å². The predicted molar refractivity (Wildman–Crippen MR) is 104 cm³/mol. The van der Waals surface area contributed by atoms with Crippen molar-refractivity contribution >= 4 is 17.6 Å². The Labute approximate surface area is 168 Å². The largest absolute Gasteiger partial charge is 0.416 e. The minimum absolute atomic E-state index is 0.0918. The van der Waals surface area contributed by atoms with Gasteiger partial charge in [0.05, 0.1) is 12.1 Å². The Kier molecular flexibility index (Phi) is 7.00. The van der Waals surface area contributed by atoms with Crippen molar-refractivity contribution in [3.63, 3.8) is 0 Å². The SMILES string of the molecule is O=C(CN1CCN(c2cccc(C(F)(F)F)c2)CC1)NC(=O)NC1CCCCC1. The summed E-state index contributed by atoms with van der Waals surface area (Å²) in [5.74, 6) is -0.370. The maximum absolute atomic E-state index is 12.9. The van der Waals surface area contributed by atoms with Gasteiger partial charge >= 0.3 is 12.2 Å². The van der Waals surface area contributed by atoms with Crippen LogP contribution in [0.5, 0.6) is 0 Å². The highest BCUT2D eigenvalue weighted by molar-refractivity contribution is 5.95. The molecule has 2 N–H and O–H groups in total. The Hall–Kier alpha value is -2.29. The Morgan fingerprint density at radius 3 is 2.38 bits per heavy atom. The molecule has 1 heterocycles. The Bertz CT molecular complexity index is 712. The number of anilines is 1. The normalized spacial score (nSPS) is 19.1. The quantitative estimate of drug-likeness (QED) is 0.798. The molecule has 1 aromatic carbocycles. The topological polar surface area (TPSA) is 64.7 Å². The number of alkyl halides is 3. The van der Waals surface area contributed by atoms with Crippen molar-refractivity contribution in [3.05, 3.63) is 29.8 Å². The number of nitrogens with one attached hydrogen (secondary N) is 2. The third-order valence-corrected chi connectivity index (χ3v) is 5.47. The molecule has 6 nitrogen and oxygen atoms in total. The fourth-order valence-corrected chi connectivity index (χ4v) is 3.88. The molecule has 0 aromatic heterocycles. The van der Waals surface area contributed by atoms with E-state index in [4.69, 9.17) is 0 Å². The van der Waals surface area contributed by atoms with Crippen LogP contribution in [0.4, 0.5) is 23.7 Å². The summed E-state index contributed by atoms with van der Waals surface area (Å²) >= 11 is 0. The number of carbonyl (C=O) groups is 2. The molecule has 1 aliphatic heterocycles. The Morgan fingerprint density at radius 1 is 1.03 bits per heavy atom. The highest BCUT2D eigenvalue weighted by Gasteiger charge is 2.31. The van der Waals surface area contributed by atoms with E-state index in [2.05, 4.69) is 10.6 Å². The zero-order valence-electron chi connectivity index (χ0n) is 16.3. The number of halogens is 3. The number of hydrogen-bond acceptors (Lipinski definition) is 4. The van der Waals surface area contributed by atoms with Gasteiger partial charge in [-0.3, -0.25) is 15.0 Å². The number of piperazine rings is 1. The number of benzene rings is 1. The van der Waals surface area contributed by atoms with Crippen LogP contribution in [0, 0.1) is 0 Å². The summed E-state index contributed by atoms with van der Waals surface area (Å²) in [5, 5.41) is 5.22. The van der Waals surface area contributed by atoms with Crippen LogP contribution >= 0.6 is 0 Å². The van der Waals surface area contributed by atoms with Crippen LogP contribution in [0.2, 0.25) is 0 Å². The van der Waals surface area contributed by atoms with Gasteiger partial charge in [0, 0.05) is 37.9 Å². The lowest BCUT2D eigenvalue weighted by Crippen LogP contribution is -2.52. The minimum Gasteiger partial charge on any atom is -0.369 e. The molecule has 0 unspecified atom stereocenters. The van der Waals surface area contributed by atoms with Crippen LogP contribution in [-0.4, -0.2) is 55.6 Å². The second-order valence-electron chi connectivity index (χ2n) is 7.67. The van der Waals surface area contributed by atoms with Crippen LogP contribution in [0.3, 0.4) is 0 Å². The number of nitrogens with zero attached hydrogens (tertiary/aromatic N) is 2. The van der Waals surface area contributed by atoms with Gasteiger partial charge in [0.25, 0.3) is 0 Å². The molecule has 9 heteroatoms. The van der Waals surface area contributed by atoms with Gasteiger partial charge in [0.2, 0.25) is 5.91 Å². The number of rotatable bonds is 4. The van der Waals surface area contributed by atoms with Gasteiger partial charge in [-0.1, -0.05) is 25.3 Å². The predicted octanol–water partition coefficient (Wildman–Crippen LogP) is 2.99. The summed E-state index contributed by atoms with van der Waals surface area (Å²) in [6.45, 7) is 2.20. The van der Waals surface area contributed by atoms with E-state index < -0.39 is 17.8 Å². The van der Waals surface area contributed by atoms with Crippen LogP contribution in [0.1, 0.15) is 37.7 Å². The first-order chi connectivity index (χ1) is 13.8. The van der Waals surface area contributed by atoms with E-state index in [9.17, 15) is 22.8 Å². The second-order valence-corrected chi connectivity index (χ2v) is 7.67. The zero-order chi connectivity index (χ0) is 20.9. The summed E-state index contributed by atoms with van der Waals surface area (Å²) in [6, 6.07) is 4.95. The summed E-state index contributed by atoms with van der Waals surface area (Å²) < 4.78 is 38.7. The molecule has 1 aromatic rings. The summed E-state index contributed by atoms with van der Waals surface area (Å²) in [4.78, 5) is 27.8. The molecule has 0 bridgehead atoms. The zero-order valence-corrected chi connectivity index (χ0v) is 16.3. The molecule has 2 fully saturated rings. The van der Waals surface area contributed by atoms with Gasteiger partial charge in [-0.2, -0.15) is 13.2 Å². The number of urea groups is 1. The molecule has 3 amide bonds. The summed E-state index contributed by atoms with van der Waals surface area (Å²) in [6.07, 6.45) is 0.891. The van der Waals surface area contributed by atoms with E-state index in [0.717, 1.165) is 37.8 Å². The molecule has 29 heavy (non-hydrogen) atoms. The number of carbonyl (C=O) groups excluding carboxylic acids is 2. The third-order valence-electron chi connectivity index (χ3n) is 5.47. The molecule has 1 saturated heterocycles. The van der Waals surface area contributed by atoms with Gasteiger partial charge in [-0.15, -0.1) is 0 Å². The first-order valence-electron chi connectivity index (χ1n) is 10.1. The van der Waals surface area contributed by atoms with Crippen LogP contribution < -0.4 is 15.5 Å². The van der Waals surface area contributed by atoms with E-state index in [0.29, 0.717) is 31.9 Å². The molecule has 3 rings (SSSR count). The molecular weight excluding hydrogens is 385 g/mol. The Morgan fingerprint density at radius 2 is 1.72 bits per heavy atom. The molecule has 160 valence electrons. The summed E-state index contributed by atoms with van der Waals surface area (Å²) in [5.41, 5.74) is -0.142. The van der Waals surface area contributed by atoms with Crippen molar-refractivity contribution in [2.24, 2.45) is 0 Å². The lowest BCUT2D eigenvalue weighted by molar-refractivity contribution is -0.137. The highest BCUT2D eigenvalue weighted by Crippen LogP contribution is 2.31. The average molecular weight is 412 g/mol. The molecule has 2 aliphatic rings. The lowest BCUT2D eigenvalue weighted by atomic mass is 9.96. The van der Waals surface area contributed by atoms with Crippen LogP contribution in [0.25, 0.3) is 0 Å². The maximum Gasteiger partial charge on any atom is 0.416 e. The van der Waals surface area contributed by atoms with Gasteiger partial charge < -0.3 is 10.2 Å². The molecule has 1 aliphatic carbocycles. The van der Waals surface area contributed by atoms with E-state index in [1.54, 1.807) is 6.07 Å². The van der Waals surface area contributed by atoms with Crippen molar-refractivity contribution in [2.45, 2.75) is 44.3 Å². The van der Waals surface area contributed by atoms with Crippen molar-refractivity contribution < 1.29 is 22.8 Å². The van der Waals surface area contributed by atoms with Crippen LogP contribution in [-0.2, 0) is 11.0 Å². The van der Waals surface area contributed by atoms with Gasteiger partial charge in [0.15, 0.2) is 0 Å². The monoisotopic (exact) mass is 412 g/mol. The van der Waals surface area contributed by atoms with E-state index in [1.165, 1.54) is 12.5 Å². The van der Waals surface area contributed by atoms with Crippen LogP contribution in [0.15, 0.2) is 24.3 Å². The van der Waals surface area contributed by atoms with E-state index in [1.807, 2.05) is 9.80 Å². The fourth-order valence-electron chi connectivity index (χ4n) is 3.88. The van der Waals surface area contributed by atoms with E-state index in [-0.39, 0.29) is 18.5 Å². The van der Waals surface area contributed by atoms with Crippen molar-refractivity contribution in [3.8, 4) is 0 Å². The average Bonchev–Trinajstić information content (AvgIpc) is 2.68. The number of amides is 3. The van der Waals surface area contributed by atoms with Crippen molar-refractivity contribution in [2.75, 3.05) is 37.6 Å². The van der Waals surface area contributed by atoms with Crippen molar-refractivity contribution in [1.82, 2.24) is 15.5 Å². The molecule has 1 saturated carbocycles. The summed E-state index contributed by atoms with van der Waals surface area (Å²) in [7, 11) is 0. The van der Waals surface area contributed by atoms with Gasteiger partial charge in [0.1, 0.15) is 0 Å². The highest BCUT2D eigenvalue weighted by atomic mass is 19.4. The first-order valence-corrected chi connectivity index (χ1v) is 10.1. The number of imide groups is 1. The molecule has 0 radical (unpaired) electrons. The minimum atomic E-state index is -4.37. The smallest absolute Gasteiger partial charge is 0.369 e. The third kappa shape index (κ3) is 6.35. The lowest BCUT2D eigenvalue weighted by Gasteiger charge is -2.36. The second kappa shape index (κ2) is 9.47. The number of hydrogen-bond donors (Lipinski definition) is 2. The van der Waals surface area contributed by atoms with E-state index >= 15 is 0 Å².